The minimum atomic E-state index is -0.355. The van der Waals surface area contributed by atoms with Gasteiger partial charge in [0.25, 0.3) is 0 Å². The molecule has 2 nitrogen and oxygen atoms in total. The summed E-state index contributed by atoms with van der Waals surface area (Å²) >= 11 is 0. The van der Waals surface area contributed by atoms with Gasteiger partial charge in [-0.3, -0.25) is 0 Å². The van der Waals surface area contributed by atoms with E-state index in [9.17, 15) is 0 Å². The number of benzene rings is 13. The molecule has 13 aromatic carbocycles. The van der Waals surface area contributed by atoms with Crippen molar-refractivity contribution in [2.24, 2.45) is 0 Å². The van der Waals surface area contributed by atoms with Gasteiger partial charge in [-0.15, -0.1) is 0 Å². The van der Waals surface area contributed by atoms with Gasteiger partial charge in [-0.2, -0.15) is 0 Å². The predicted molar refractivity (Wildman–Crippen MR) is 354 cm³/mol. The second-order valence-corrected chi connectivity index (χ2v) is 24.2. The van der Waals surface area contributed by atoms with Gasteiger partial charge < -0.3 is 9.80 Å². The smallest absolute Gasteiger partial charge is 0.0564 e. The van der Waals surface area contributed by atoms with E-state index in [0.29, 0.717) is 0 Å². The number of hydrogen-bond donors (Lipinski definition) is 0. The maximum absolute atomic E-state index is 2.52. The van der Waals surface area contributed by atoms with Gasteiger partial charge >= 0.3 is 0 Å². The first-order valence-corrected chi connectivity index (χ1v) is 29.2. The van der Waals surface area contributed by atoms with Gasteiger partial charge in [0, 0.05) is 50.2 Å². The quantitative estimate of drug-likeness (QED) is 0.120. The van der Waals surface area contributed by atoms with Crippen molar-refractivity contribution in [3.05, 3.63) is 325 Å². The van der Waals surface area contributed by atoms with Crippen molar-refractivity contribution in [3.63, 3.8) is 0 Å². The van der Waals surface area contributed by atoms with Crippen LogP contribution in [0, 0.1) is 0 Å². The Morgan fingerprint density at radius 1 is 0.265 bits per heavy atom. The summed E-state index contributed by atoms with van der Waals surface area (Å²) in [7, 11) is 0. The Labute approximate surface area is 489 Å². The summed E-state index contributed by atoms with van der Waals surface area (Å²) in [6.45, 7) is 14.2. The summed E-state index contributed by atoms with van der Waals surface area (Å²) < 4.78 is 0. The van der Waals surface area contributed by atoms with E-state index in [4.69, 9.17) is 0 Å². The lowest BCUT2D eigenvalue weighted by Gasteiger charge is -2.34. The zero-order valence-corrected chi connectivity index (χ0v) is 48.1. The van der Waals surface area contributed by atoms with Crippen molar-refractivity contribution >= 4 is 66.4 Å². The topological polar surface area (TPSA) is 6.48 Å². The van der Waals surface area contributed by atoms with Crippen molar-refractivity contribution < 1.29 is 0 Å². The van der Waals surface area contributed by atoms with Gasteiger partial charge in [-0.25, -0.2) is 0 Å². The second-order valence-electron chi connectivity index (χ2n) is 24.2. The van der Waals surface area contributed by atoms with Gasteiger partial charge in [0.1, 0.15) is 0 Å². The maximum Gasteiger partial charge on any atom is 0.0564 e. The summed E-state index contributed by atoms with van der Waals surface area (Å²) in [5.74, 6) is 0. The van der Waals surface area contributed by atoms with Crippen molar-refractivity contribution in [1.82, 2.24) is 0 Å². The lowest BCUT2D eigenvalue weighted by molar-refractivity contribution is 0.642. The molecular weight excluding hydrogens is 1000 g/mol. The molecule has 1 aliphatic rings. The normalized spacial score (nSPS) is 12.8. The molecule has 0 saturated heterocycles. The second kappa shape index (κ2) is 20.3. The van der Waals surface area contributed by atoms with Crippen LogP contribution in [0.5, 0.6) is 0 Å². The van der Waals surface area contributed by atoms with Gasteiger partial charge in [0.15, 0.2) is 0 Å². The fourth-order valence-electron chi connectivity index (χ4n) is 13.1. The van der Waals surface area contributed by atoms with Crippen LogP contribution in [0.2, 0.25) is 0 Å². The molecule has 0 spiro atoms. The minimum absolute atomic E-state index is 0.248. The van der Waals surface area contributed by atoms with E-state index in [1.165, 1.54) is 99.1 Å². The zero-order chi connectivity index (χ0) is 56.5. The Morgan fingerprint density at radius 2 is 0.614 bits per heavy atom. The van der Waals surface area contributed by atoms with E-state index in [1.807, 2.05) is 0 Å². The number of nitrogens with zero attached hydrogens (tertiary/aromatic N) is 2. The molecule has 0 saturated carbocycles. The monoisotopic (exact) mass is 1070 g/mol. The van der Waals surface area contributed by atoms with Crippen LogP contribution >= 0.6 is 0 Å². The highest BCUT2D eigenvalue weighted by Crippen LogP contribution is 2.58. The molecule has 0 heterocycles. The van der Waals surface area contributed by atoms with E-state index in [-0.39, 0.29) is 16.2 Å². The highest BCUT2D eigenvalue weighted by atomic mass is 15.2. The van der Waals surface area contributed by atoms with Gasteiger partial charge in [0.2, 0.25) is 0 Å². The Hall–Kier alpha value is -9.76. The molecule has 0 atom stereocenters. The van der Waals surface area contributed by atoms with Gasteiger partial charge in [-0.1, -0.05) is 260 Å². The van der Waals surface area contributed by atoms with Gasteiger partial charge in [-0.05, 0) is 166 Å². The molecule has 400 valence electrons. The lowest BCUT2D eigenvalue weighted by Crippen LogP contribution is -2.20. The molecule has 14 rings (SSSR count). The van der Waals surface area contributed by atoms with Crippen LogP contribution in [0.1, 0.15) is 74.9 Å². The molecule has 0 unspecified atom stereocenters. The largest absolute Gasteiger partial charge is 0.310 e. The van der Waals surface area contributed by atoms with Crippen molar-refractivity contribution in [1.29, 1.82) is 0 Å². The molecule has 2 heteroatoms. The minimum Gasteiger partial charge on any atom is -0.310 e. The van der Waals surface area contributed by atoms with Crippen molar-refractivity contribution in [2.45, 2.75) is 57.8 Å². The average Bonchev–Trinajstić information content (AvgIpc) is 2.84. The highest BCUT2D eigenvalue weighted by Gasteiger charge is 2.40. The van der Waals surface area contributed by atoms with E-state index in [1.54, 1.807) is 0 Å². The molecule has 0 amide bonds. The number of anilines is 6. The Bertz CT molecular complexity index is 4530. The Kier molecular flexibility index (Phi) is 12.6. The van der Waals surface area contributed by atoms with E-state index < -0.39 is 0 Å². The van der Waals surface area contributed by atoms with Crippen LogP contribution in [-0.4, -0.2) is 0 Å². The average molecular weight is 1070 g/mol. The van der Waals surface area contributed by atoms with Crippen molar-refractivity contribution in [3.8, 4) is 33.4 Å². The fourth-order valence-corrected chi connectivity index (χ4v) is 13.1. The first kappa shape index (κ1) is 51.4. The fraction of sp³-hybridized carbons (Fsp3) is 0.111. The molecule has 0 aromatic heterocycles. The van der Waals surface area contributed by atoms with Crippen LogP contribution in [-0.2, 0) is 16.2 Å². The molecule has 1 aliphatic carbocycles. The predicted octanol–water partition coefficient (Wildman–Crippen LogP) is 22.4. The van der Waals surface area contributed by atoms with Gasteiger partial charge in [0.05, 0.1) is 5.69 Å². The highest BCUT2D eigenvalue weighted by molar-refractivity contribution is 6.02. The van der Waals surface area contributed by atoms with E-state index >= 15 is 0 Å². The third-order valence-corrected chi connectivity index (χ3v) is 18.2. The van der Waals surface area contributed by atoms with Crippen molar-refractivity contribution in [2.75, 3.05) is 9.80 Å². The lowest BCUT2D eigenvalue weighted by atomic mass is 9.77. The Morgan fingerprint density at radius 3 is 1.06 bits per heavy atom. The number of hydrogen-bond acceptors (Lipinski definition) is 2. The summed E-state index contributed by atoms with van der Waals surface area (Å²) in [4.78, 5) is 5.00. The number of rotatable bonds is 12. The summed E-state index contributed by atoms with van der Waals surface area (Å²) in [5, 5.41) is 7.50. The molecule has 0 bridgehead atoms. The first-order valence-electron chi connectivity index (χ1n) is 29.2. The van der Waals surface area contributed by atoms with Crippen LogP contribution in [0.3, 0.4) is 0 Å². The van der Waals surface area contributed by atoms with Crippen LogP contribution in [0.15, 0.2) is 291 Å². The summed E-state index contributed by atoms with van der Waals surface area (Å²) in [6, 6.07) is 108. The SMILES string of the molecule is CC(C)(c1ccc(N(c2ccc(-c3ccccc3)cc2)c2cc(N(c3ccc(-c4ccccc4)cc3)c3ccc(C(C)(C)c4ccc5ccccc5c4)cc3)c3c(c2)C(C)(C)c2cc4ccccc4cc2-3)cc1)c1ccc2ccccc2c1. The van der Waals surface area contributed by atoms with Crippen LogP contribution in [0.25, 0.3) is 65.7 Å². The zero-order valence-electron chi connectivity index (χ0n) is 48.1. The molecule has 0 N–H and O–H groups in total. The molecular formula is C81H66N2. The van der Waals surface area contributed by atoms with E-state index in [2.05, 4.69) is 343 Å². The van der Waals surface area contributed by atoms with E-state index in [0.717, 1.165) is 34.1 Å². The summed E-state index contributed by atoms with van der Waals surface area (Å²) in [5.41, 5.74) is 20.6. The molecule has 0 fully saturated rings. The third kappa shape index (κ3) is 9.16. The molecule has 0 radical (unpaired) electrons. The third-order valence-electron chi connectivity index (χ3n) is 18.2. The molecule has 0 aliphatic heterocycles. The first-order chi connectivity index (χ1) is 40.4. The maximum atomic E-state index is 2.52. The standard InChI is InChI=1S/C81H66N2/c1-79(2,67-35-29-57-23-13-15-25-61(57)49-67)65-37-45-70(46-38-65)82(69-41-31-59(32-42-69)55-19-9-7-10-20-55)73-53-76-78(74-51-63-27-17-18-28-64(63)52-75(74)81(76,5)6)77(54-73)83(71-43-33-60(34-44-71)56-21-11-8-12-22-56)72-47-39-66(40-48-72)80(3,4)68-36-30-58-24-14-16-26-62(58)50-68/h7-54H,1-6H3. The van der Waals surface area contributed by atoms with Crippen LogP contribution < -0.4 is 9.80 Å². The Balaban J connectivity index is 0.982. The summed E-state index contributed by atoms with van der Waals surface area (Å²) in [6.07, 6.45) is 0. The molecule has 13 aromatic rings. The molecule has 83 heavy (non-hydrogen) atoms. The van der Waals surface area contributed by atoms with Crippen LogP contribution in [0.4, 0.5) is 34.1 Å². The number of fused-ring (bicyclic) bond motifs is 6.